The van der Waals surface area contributed by atoms with E-state index in [1.54, 1.807) is 28.9 Å². The fourth-order valence-electron chi connectivity index (χ4n) is 3.29. The summed E-state index contributed by atoms with van der Waals surface area (Å²) < 4.78 is 3.30. The number of hydrogen-bond acceptors (Lipinski definition) is 3. The van der Waals surface area contributed by atoms with E-state index in [0.717, 1.165) is 22.2 Å². The molecule has 28 heavy (non-hydrogen) atoms. The number of likely N-dealkylation sites (N-methyl/N-ethyl adjacent to an activating group) is 1. The highest BCUT2D eigenvalue weighted by Gasteiger charge is 2.15. The third-order valence-corrected chi connectivity index (χ3v) is 4.77. The first-order valence-corrected chi connectivity index (χ1v) is 9.04. The lowest BCUT2D eigenvalue weighted by molar-refractivity contribution is -0.131. The third-order valence-electron chi connectivity index (χ3n) is 4.77. The van der Waals surface area contributed by atoms with Gasteiger partial charge in [0.25, 0.3) is 5.56 Å². The first kappa shape index (κ1) is 17.7. The van der Waals surface area contributed by atoms with Crippen molar-refractivity contribution in [2.45, 2.75) is 13.1 Å². The molecule has 0 bridgehead atoms. The molecule has 4 aromatic rings. The lowest BCUT2D eigenvalue weighted by atomic mass is 10.1. The second kappa shape index (κ2) is 7.52. The molecule has 2 heterocycles. The smallest absolute Gasteiger partial charge is 0.251 e. The van der Waals surface area contributed by atoms with E-state index in [0.29, 0.717) is 6.54 Å². The molecule has 6 heteroatoms. The second-order valence-corrected chi connectivity index (χ2v) is 6.65. The van der Waals surface area contributed by atoms with Crippen molar-refractivity contribution in [1.29, 1.82) is 0 Å². The van der Waals surface area contributed by atoms with Crippen LogP contribution in [0.2, 0.25) is 0 Å². The lowest BCUT2D eigenvalue weighted by Crippen LogP contribution is -2.33. The summed E-state index contributed by atoms with van der Waals surface area (Å²) in [5.74, 6) is -0.131. The van der Waals surface area contributed by atoms with E-state index >= 15 is 0 Å². The molecule has 0 aliphatic heterocycles. The van der Waals surface area contributed by atoms with Crippen molar-refractivity contribution in [2.24, 2.45) is 0 Å². The molecule has 0 spiro atoms. The molecule has 6 nitrogen and oxygen atoms in total. The van der Waals surface area contributed by atoms with Crippen molar-refractivity contribution < 1.29 is 4.79 Å². The van der Waals surface area contributed by atoms with Gasteiger partial charge in [-0.15, -0.1) is 0 Å². The fraction of sp³-hybridized carbons (Fsp3) is 0.136. The number of rotatable bonds is 5. The van der Waals surface area contributed by atoms with Crippen molar-refractivity contribution in [3.05, 3.63) is 95.0 Å². The Balaban J connectivity index is 1.58. The van der Waals surface area contributed by atoms with Crippen molar-refractivity contribution in [3.8, 4) is 5.69 Å². The normalized spacial score (nSPS) is 10.9. The minimum Gasteiger partial charge on any atom is -0.340 e. The number of pyridine rings is 1. The van der Waals surface area contributed by atoms with Crippen molar-refractivity contribution in [1.82, 2.24) is 19.2 Å². The second-order valence-electron chi connectivity index (χ2n) is 6.65. The highest BCUT2D eigenvalue weighted by Crippen LogP contribution is 2.16. The number of para-hydroxylation sites is 2. The number of carbonyl (C=O) groups is 1. The summed E-state index contributed by atoms with van der Waals surface area (Å²) in [7, 11) is 1.75. The average molecular weight is 372 g/mol. The monoisotopic (exact) mass is 372 g/mol. The van der Waals surface area contributed by atoms with Crippen LogP contribution in [0.1, 0.15) is 5.56 Å². The van der Waals surface area contributed by atoms with E-state index in [2.05, 4.69) is 5.10 Å². The minimum atomic E-state index is -0.183. The molecule has 4 rings (SSSR count). The number of carbonyl (C=O) groups excluding carboxylic acids is 1. The summed E-state index contributed by atoms with van der Waals surface area (Å²) in [4.78, 5) is 26.8. The Labute approximate surface area is 162 Å². The van der Waals surface area contributed by atoms with E-state index in [-0.39, 0.29) is 18.0 Å². The quantitative estimate of drug-likeness (QED) is 0.541. The molecule has 140 valence electrons. The van der Waals surface area contributed by atoms with Crippen LogP contribution in [-0.4, -0.2) is 32.2 Å². The Bertz CT molecular complexity index is 1180. The molecule has 0 aliphatic carbocycles. The SMILES string of the molecule is CN(Cc1ccccc1-n1cccn1)C(=O)Cn1c(=O)ccc2ccccc21. The Morgan fingerprint density at radius 3 is 2.61 bits per heavy atom. The van der Waals surface area contributed by atoms with Crippen molar-refractivity contribution in [3.63, 3.8) is 0 Å². The zero-order chi connectivity index (χ0) is 19.5. The maximum absolute atomic E-state index is 12.9. The summed E-state index contributed by atoms with van der Waals surface area (Å²) in [5.41, 5.74) is 2.48. The van der Waals surface area contributed by atoms with Crippen LogP contribution in [0.15, 0.2) is 83.9 Å². The highest BCUT2D eigenvalue weighted by molar-refractivity contribution is 5.82. The van der Waals surface area contributed by atoms with Crippen LogP contribution in [0, 0.1) is 0 Å². The van der Waals surface area contributed by atoms with Crippen molar-refractivity contribution in [2.75, 3.05) is 7.05 Å². The summed E-state index contributed by atoms with van der Waals surface area (Å²) >= 11 is 0. The first-order chi connectivity index (χ1) is 13.6. The van der Waals surface area contributed by atoms with Crippen LogP contribution >= 0.6 is 0 Å². The number of hydrogen-bond donors (Lipinski definition) is 0. The standard InChI is InChI=1S/C22H20N4O2/c1-24(15-18-8-3-5-10-20(18)26-14-6-13-23-26)22(28)16-25-19-9-4-2-7-17(19)11-12-21(25)27/h2-14H,15-16H2,1H3. The Hall–Kier alpha value is -3.67. The van der Waals surface area contributed by atoms with Gasteiger partial charge in [-0.05, 0) is 35.2 Å². The fourth-order valence-corrected chi connectivity index (χ4v) is 3.29. The van der Waals surface area contributed by atoms with Crippen LogP contribution in [-0.2, 0) is 17.9 Å². The maximum Gasteiger partial charge on any atom is 0.251 e. The molecular formula is C22H20N4O2. The summed E-state index contributed by atoms with van der Waals surface area (Å²) in [6.07, 6.45) is 3.59. The lowest BCUT2D eigenvalue weighted by Gasteiger charge is -2.20. The third kappa shape index (κ3) is 3.44. The Morgan fingerprint density at radius 1 is 1.00 bits per heavy atom. The molecule has 0 atom stereocenters. The van der Waals surface area contributed by atoms with Gasteiger partial charge in [0.15, 0.2) is 0 Å². The van der Waals surface area contributed by atoms with Crippen LogP contribution in [0.3, 0.4) is 0 Å². The number of fused-ring (bicyclic) bond motifs is 1. The topological polar surface area (TPSA) is 60.1 Å². The minimum absolute atomic E-state index is 0.000618. The molecule has 0 saturated heterocycles. The average Bonchev–Trinajstić information content (AvgIpc) is 3.25. The molecule has 1 amide bonds. The van der Waals surface area contributed by atoms with Gasteiger partial charge >= 0.3 is 0 Å². The van der Waals surface area contributed by atoms with Gasteiger partial charge in [0, 0.05) is 32.1 Å². The van der Waals surface area contributed by atoms with Gasteiger partial charge < -0.3 is 4.90 Å². The number of aromatic nitrogens is 3. The largest absolute Gasteiger partial charge is 0.340 e. The first-order valence-electron chi connectivity index (χ1n) is 9.04. The van der Waals surface area contributed by atoms with Gasteiger partial charge in [0.2, 0.25) is 5.91 Å². The van der Waals surface area contributed by atoms with E-state index in [1.165, 1.54) is 10.6 Å². The number of amides is 1. The molecule has 0 fully saturated rings. The van der Waals surface area contributed by atoms with Crippen LogP contribution in [0.5, 0.6) is 0 Å². The highest BCUT2D eigenvalue weighted by atomic mass is 16.2. The predicted molar refractivity (Wildman–Crippen MR) is 108 cm³/mol. The Morgan fingerprint density at radius 2 is 1.79 bits per heavy atom. The zero-order valence-electron chi connectivity index (χ0n) is 15.5. The molecule has 0 radical (unpaired) electrons. The number of nitrogens with zero attached hydrogens (tertiary/aromatic N) is 4. The van der Waals surface area contributed by atoms with Crippen LogP contribution < -0.4 is 5.56 Å². The van der Waals surface area contributed by atoms with E-state index < -0.39 is 0 Å². The van der Waals surface area contributed by atoms with Gasteiger partial charge in [0.1, 0.15) is 6.54 Å². The molecular weight excluding hydrogens is 352 g/mol. The van der Waals surface area contributed by atoms with Crippen LogP contribution in [0.25, 0.3) is 16.6 Å². The van der Waals surface area contributed by atoms with Gasteiger partial charge in [-0.1, -0.05) is 36.4 Å². The van der Waals surface area contributed by atoms with E-state index in [4.69, 9.17) is 0 Å². The van der Waals surface area contributed by atoms with E-state index in [9.17, 15) is 9.59 Å². The summed E-state index contributed by atoms with van der Waals surface area (Å²) in [6, 6.07) is 20.5. The molecule has 0 N–H and O–H groups in total. The summed E-state index contributed by atoms with van der Waals surface area (Å²) in [5, 5.41) is 5.21. The molecule has 2 aromatic heterocycles. The molecule has 0 saturated carbocycles. The predicted octanol–water partition coefficient (Wildman–Crippen LogP) is 2.85. The van der Waals surface area contributed by atoms with Gasteiger partial charge in [-0.2, -0.15) is 5.10 Å². The van der Waals surface area contributed by atoms with Crippen LogP contribution in [0.4, 0.5) is 0 Å². The Kier molecular flexibility index (Phi) is 4.76. The van der Waals surface area contributed by atoms with Crippen molar-refractivity contribution >= 4 is 16.8 Å². The molecule has 0 unspecified atom stereocenters. The van der Waals surface area contributed by atoms with Gasteiger partial charge in [-0.25, -0.2) is 4.68 Å². The van der Waals surface area contributed by atoms with Gasteiger partial charge in [0.05, 0.1) is 11.2 Å². The van der Waals surface area contributed by atoms with Gasteiger partial charge in [-0.3, -0.25) is 14.2 Å². The van der Waals surface area contributed by atoms with E-state index in [1.807, 2.05) is 60.8 Å². The maximum atomic E-state index is 12.9. The molecule has 0 aliphatic rings. The molecule has 2 aromatic carbocycles. The summed E-state index contributed by atoms with van der Waals surface area (Å²) in [6.45, 7) is 0.426. The zero-order valence-corrected chi connectivity index (χ0v) is 15.5. The number of benzene rings is 2.